The third-order valence-corrected chi connectivity index (χ3v) is 7.05. The summed E-state index contributed by atoms with van der Waals surface area (Å²) in [5.41, 5.74) is 5.08. The van der Waals surface area contributed by atoms with Gasteiger partial charge in [-0.2, -0.15) is 0 Å². The lowest BCUT2D eigenvalue weighted by Crippen LogP contribution is -2.42. The SMILES string of the molecule is Cc1cccc(-c2[nH]nc(OCC(C)(C)C(=O)N3CCCC3)c2CCNCCCCc2ccncc2)c1. The van der Waals surface area contributed by atoms with Crippen molar-refractivity contribution in [3.63, 3.8) is 0 Å². The maximum atomic E-state index is 13.0. The Labute approximate surface area is 221 Å². The first-order valence-electron chi connectivity index (χ1n) is 13.6. The number of hydrogen-bond acceptors (Lipinski definition) is 5. The van der Waals surface area contributed by atoms with Crippen LogP contribution in [0.1, 0.15) is 56.2 Å². The zero-order valence-corrected chi connectivity index (χ0v) is 22.6. The van der Waals surface area contributed by atoms with Crippen molar-refractivity contribution in [3.8, 4) is 17.1 Å². The summed E-state index contributed by atoms with van der Waals surface area (Å²) in [5, 5.41) is 11.3. The van der Waals surface area contributed by atoms with Gasteiger partial charge in [0.25, 0.3) is 0 Å². The molecule has 1 fully saturated rings. The van der Waals surface area contributed by atoms with Crippen LogP contribution in [0.4, 0.5) is 0 Å². The van der Waals surface area contributed by atoms with Crippen LogP contribution < -0.4 is 10.1 Å². The molecule has 1 amide bonds. The number of benzene rings is 1. The second kappa shape index (κ2) is 12.9. The van der Waals surface area contributed by atoms with Gasteiger partial charge in [-0.3, -0.25) is 14.9 Å². The summed E-state index contributed by atoms with van der Waals surface area (Å²) in [6, 6.07) is 12.6. The van der Waals surface area contributed by atoms with Crippen LogP contribution in [0, 0.1) is 12.3 Å². The van der Waals surface area contributed by atoms with Gasteiger partial charge in [0.05, 0.1) is 11.1 Å². The van der Waals surface area contributed by atoms with Crippen molar-refractivity contribution in [2.24, 2.45) is 5.41 Å². The number of aromatic amines is 1. The van der Waals surface area contributed by atoms with E-state index in [1.165, 1.54) is 11.1 Å². The molecule has 1 aromatic carbocycles. The summed E-state index contributed by atoms with van der Waals surface area (Å²) in [6.07, 6.45) is 10.0. The number of nitrogens with zero attached hydrogens (tertiary/aromatic N) is 3. The van der Waals surface area contributed by atoms with Crippen molar-refractivity contribution in [3.05, 3.63) is 65.5 Å². The normalized spacial score (nSPS) is 13.8. The number of nitrogens with one attached hydrogen (secondary N) is 2. The number of aromatic nitrogens is 3. The van der Waals surface area contributed by atoms with Crippen LogP contribution in [-0.4, -0.2) is 58.8 Å². The lowest BCUT2D eigenvalue weighted by molar-refractivity contribution is -0.140. The zero-order chi connectivity index (χ0) is 26.1. The first kappa shape index (κ1) is 26.9. The van der Waals surface area contributed by atoms with Gasteiger partial charge < -0.3 is 15.0 Å². The summed E-state index contributed by atoms with van der Waals surface area (Å²) < 4.78 is 6.24. The Bertz CT molecular complexity index is 1140. The largest absolute Gasteiger partial charge is 0.475 e. The zero-order valence-electron chi connectivity index (χ0n) is 22.6. The number of unbranched alkanes of at least 4 members (excludes halogenated alkanes) is 1. The molecule has 0 bridgehead atoms. The molecule has 3 heterocycles. The van der Waals surface area contributed by atoms with Crippen LogP contribution in [0.5, 0.6) is 5.88 Å². The fourth-order valence-corrected chi connectivity index (χ4v) is 4.86. The third-order valence-electron chi connectivity index (χ3n) is 7.05. The van der Waals surface area contributed by atoms with Crippen LogP contribution in [-0.2, 0) is 17.6 Å². The topological polar surface area (TPSA) is 83.1 Å². The van der Waals surface area contributed by atoms with Crippen molar-refractivity contribution in [2.45, 2.75) is 59.3 Å². The Morgan fingerprint density at radius 2 is 1.86 bits per heavy atom. The van der Waals surface area contributed by atoms with Crippen LogP contribution in [0.3, 0.4) is 0 Å². The molecule has 1 aliphatic rings. The maximum absolute atomic E-state index is 13.0. The van der Waals surface area contributed by atoms with Gasteiger partial charge in [0.15, 0.2) is 0 Å². The second-order valence-electron chi connectivity index (χ2n) is 10.7. The number of likely N-dealkylation sites (tertiary alicyclic amines) is 1. The van der Waals surface area contributed by atoms with Crippen molar-refractivity contribution < 1.29 is 9.53 Å². The molecule has 0 spiro atoms. The van der Waals surface area contributed by atoms with Gasteiger partial charge in [0.2, 0.25) is 11.8 Å². The smallest absolute Gasteiger partial charge is 0.236 e. The number of amides is 1. The molecule has 198 valence electrons. The van der Waals surface area contributed by atoms with E-state index in [1.807, 2.05) is 31.1 Å². The van der Waals surface area contributed by atoms with Crippen LogP contribution in [0.25, 0.3) is 11.3 Å². The Morgan fingerprint density at radius 3 is 2.62 bits per heavy atom. The lowest BCUT2D eigenvalue weighted by Gasteiger charge is -2.28. The molecule has 1 saturated heterocycles. The molecule has 1 aliphatic heterocycles. The van der Waals surface area contributed by atoms with Gasteiger partial charge in [-0.1, -0.05) is 23.8 Å². The molecule has 0 aliphatic carbocycles. The van der Waals surface area contributed by atoms with Gasteiger partial charge in [-0.15, -0.1) is 5.10 Å². The molecule has 7 heteroatoms. The maximum Gasteiger partial charge on any atom is 0.236 e. The molecular weight excluding hydrogens is 462 g/mol. The van der Waals surface area contributed by atoms with Crippen molar-refractivity contribution in [1.29, 1.82) is 0 Å². The summed E-state index contributed by atoms with van der Waals surface area (Å²) in [7, 11) is 0. The van der Waals surface area contributed by atoms with Crippen molar-refractivity contribution in [2.75, 3.05) is 32.8 Å². The molecule has 0 unspecified atom stereocenters. The van der Waals surface area contributed by atoms with Gasteiger partial charge >= 0.3 is 0 Å². The summed E-state index contributed by atoms with van der Waals surface area (Å²) in [5.74, 6) is 0.757. The molecule has 0 saturated carbocycles. The molecule has 2 N–H and O–H groups in total. The fraction of sp³-hybridized carbons (Fsp3) is 0.500. The number of carbonyl (C=O) groups excluding carboxylic acids is 1. The Balaban J connectivity index is 1.35. The molecule has 7 nitrogen and oxygen atoms in total. The molecule has 0 radical (unpaired) electrons. The minimum atomic E-state index is -0.600. The lowest BCUT2D eigenvalue weighted by atomic mass is 9.93. The molecule has 4 rings (SSSR count). The first-order chi connectivity index (χ1) is 17.9. The van der Waals surface area contributed by atoms with Crippen molar-refractivity contribution in [1.82, 2.24) is 25.4 Å². The van der Waals surface area contributed by atoms with Crippen molar-refractivity contribution >= 4 is 5.91 Å². The first-order valence-corrected chi connectivity index (χ1v) is 13.6. The Morgan fingerprint density at radius 1 is 1.08 bits per heavy atom. The average Bonchev–Trinajstić information content (AvgIpc) is 3.58. The molecule has 0 atom stereocenters. The number of aryl methyl sites for hydroxylation is 2. The van der Waals surface area contributed by atoms with Gasteiger partial charge in [-0.05, 0) is 96.1 Å². The second-order valence-corrected chi connectivity index (χ2v) is 10.7. The monoisotopic (exact) mass is 503 g/mol. The van der Waals surface area contributed by atoms with E-state index in [9.17, 15) is 4.79 Å². The van der Waals surface area contributed by atoms with E-state index < -0.39 is 5.41 Å². The quantitative estimate of drug-likeness (QED) is 0.322. The number of carbonyl (C=O) groups is 1. The summed E-state index contributed by atoms with van der Waals surface area (Å²) >= 11 is 0. The van der Waals surface area contributed by atoms with E-state index in [2.05, 4.69) is 63.8 Å². The fourth-order valence-electron chi connectivity index (χ4n) is 4.86. The average molecular weight is 504 g/mol. The van der Waals surface area contributed by atoms with Crippen LogP contribution in [0.2, 0.25) is 0 Å². The predicted octanol–water partition coefficient (Wildman–Crippen LogP) is 4.96. The van der Waals surface area contributed by atoms with E-state index in [0.717, 1.165) is 81.5 Å². The molecule has 3 aromatic rings. The van der Waals surface area contributed by atoms with E-state index in [1.54, 1.807) is 0 Å². The standard InChI is InChI=1S/C30H41N5O2/c1-23-9-8-11-25(21-23)27-26(14-18-31-15-5-4-10-24-12-16-32-17-13-24)28(34-33-27)37-22-30(2,3)29(36)35-19-6-7-20-35/h8-9,11-13,16-17,21,31H,4-7,10,14-15,18-20,22H2,1-3H3,(H,33,34). The van der Waals surface area contributed by atoms with Gasteiger partial charge in [-0.25, -0.2) is 0 Å². The van der Waals surface area contributed by atoms with E-state index in [4.69, 9.17) is 4.74 Å². The third kappa shape index (κ3) is 7.41. The number of hydrogen-bond donors (Lipinski definition) is 2. The minimum Gasteiger partial charge on any atom is -0.475 e. The highest BCUT2D eigenvalue weighted by Gasteiger charge is 2.34. The Hall–Kier alpha value is -3.19. The molecule has 37 heavy (non-hydrogen) atoms. The van der Waals surface area contributed by atoms with Crippen LogP contribution >= 0.6 is 0 Å². The summed E-state index contributed by atoms with van der Waals surface area (Å²) in [6.45, 7) is 9.83. The minimum absolute atomic E-state index is 0.162. The van der Waals surface area contributed by atoms with E-state index >= 15 is 0 Å². The highest BCUT2D eigenvalue weighted by molar-refractivity contribution is 5.82. The highest BCUT2D eigenvalue weighted by atomic mass is 16.5. The highest BCUT2D eigenvalue weighted by Crippen LogP contribution is 2.31. The summed E-state index contributed by atoms with van der Waals surface area (Å²) in [4.78, 5) is 19.1. The van der Waals surface area contributed by atoms with E-state index in [0.29, 0.717) is 12.5 Å². The number of ether oxygens (including phenoxy) is 1. The molecule has 2 aromatic heterocycles. The number of rotatable bonds is 13. The molecular formula is C30H41N5O2. The van der Waals surface area contributed by atoms with Gasteiger partial charge in [0.1, 0.15) is 6.61 Å². The number of H-pyrrole nitrogens is 1. The van der Waals surface area contributed by atoms with Gasteiger partial charge in [0, 0.05) is 36.6 Å². The predicted molar refractivity (Wildman–Crippen MR) is 148 cm³/mol. The van der Waals surface area contributed by atoms with Crippen LogP contribution in [0.15, 0.2) is 48.8 Å². The Kier molecular flexibility index (Phi) is 9.34. The van der Waals surface area contributed by atoms with E-state index in [-0.39, 0.29) is 5.91 Å². The number of pyridine rings is 1.